The van der Waals surface area contributed by atoms with Crippen LogP contribution < -0.4 is 19.3 Å². The Bertz CT molecular complexity index is 1780. The lowest BCUT2D eigenvalue weighted by Gasteiger charge is -2.29. The van der Waals surface area contributed by atoms with E-state index in [0.29, 0.717) is 0 Å². The first-order valence-electron chi connectivity index (χ1n) is 15.3. The highest BCUT2D eigenvalue weighted by Crippen LogP contribution is 2.33. The number of aromatic nitrogens is 1. The van der Waals surface area contributed by atoms with Crippen LogP contribution in [0.4, 0.5) is 11.4 Å². The van der Waals surface area contributed by atoms with Crippen LogP contribution in [-0.4, -0.2) is 36.7 Å². The highest BCUT2D eigenvalue weighted by atomic mass is 16.5. The highest BCUT2D eigenvalue weighted by Gasteiger charge is 2.13. The second-order valence-corrected chi connectivity index (χ2v) is 11.4. The predicted molar refractivity (Wildman–Crippen MR) is 178 cm³/mol. The minimum absolute atomic E-state index is 0.767. The first kappa shape index (κ1) is 27.6. The summed E-state index contributed by atoms with van der Waals surface area (Å²) < 4.78 is 12.6. The molecule has 0 saturated carbocycles. The molecule has 0 bridgehead atoms. The number of anilines is 2. The van der Waals surface area contributed by atoms with Crippen LogP contribution in [0.5, 0.6) is 23.0 Å². The highest BCUT2D eigenvalue weighted by molar-refractivity contribution is 5.72. The van der Waals surface area contributed by atoms with Gasteiger partial charge in [0.2, 0.25) is 0 Å². The molecule has 0 unspecified atom stereocenters. The molecule has 2 aliphatic heterocycles. The summed E-state index contributed by atoms with van der Waals surface area (Å²) in [6.45, 7) is 3.04. The van der Waals surface area contributed by atoms with Gasteiger partial charge in [0, 0.05) is 67.8 Å². The molecule has 1 saturated heterocycles. The zero-order chi connectivity index (χ0) is 29.7. The first-order chi connectivity index (χ1) is 21.7. The van der Waals surface area contributed by atoms with Gasteiger partial charge < -0.3 is 24.2 Å². The molecule has 0 spiro atoms. The van der Waals surface area contributed by atoms with E-state index in [1.807, 2.05) is 60.8 Å². The van der Waals surface area contributed by atoms with Gasteiger partial charge in [-0.15, -0.1) is 0 Å². The number of hydrogen-bond acceptors (Lipinski definition) is 6. The maximum absolute atomic E-state index is 6.34. The Morgan fingerprint density at radius 3 is 1.86 bits per heavy atom. The standard InChI is InChI=1S/C38H36N4O2/c1-40-21-22-42(28-40)33-12-8-16-37(27-33)44-35-14-6-10-31(24-35)38-25-30(17-18-39-38)29-9-5-13-34(23-29)43-36-15-7-11-32(26-36)41-19-3-2-4-20-41/h5-18,21-27H,2-4,19-20,28H2,1H3. The molecule has 4 aromatic carbocycles. The van der Waals surface area contributed by atoms with E-state index in [1.54, 1.807) is 0 Å². The van der Waals surface area contributed by atoms with E-state index in [-0.39, 0.29) is 0 Å². The van der Waals surface area contributed by atoms with Gasteiger partial charge in [0.15, 0.2) is 0 Å². The van der Waals surface area contributed by atoms with E-state index in [2.05, 4.69) is 88.7 Å². The number of hydrogen-bond donors (Lipinski definition) is 0. The number of benzene rings is 4. The van der Waals surface area contributed by atoms with Crippen molar-refractivity contribution in [3.63, 3.8) is 0 Å². The molecule has 220 valence electrons. The van der Waals surface area contributed by atoms with Crippen LogP contribution in [0.3, 0.4) is 0 Å². The summed E-state index contributed by atoms with van der Waals surface area (Å²) in [6.07, 6.45) is 9.82. The third-order valence-electron chi connectivity index (χ3n) is 8.09. The van der Waals surface area contributed by atoms with Crippen LogP contribution in [0.25, 0.3) is 22.4 Å². The van der Waals surface area contributed by atoms with Crippen LogP contribution in [-0.2, 0) is 0 Å². The lowest BCUT2D eigenvalue weighted by atomic mass is 10.0. The summed E-state index contributed by atoms with van der Waals surface area (Å²) in [5.41, 5.74) is 6.34. The lowest BCUT2D eigenvalue weighted by Crippen LogP contribution is -2.29. The fraction of sp³-hybridized carbons (Fsp3) is 0.184. The maximum atomic E-state index is 6.34. The van der Waals surface area contributed by atoms with Gasteiger partial charge in [0.1, 0.15) is 23.0 Å². The van der Waals surface area contributed by atoms with Crippen molar-refractivity contribution in [2.75, 3.05) is 36.6 Å². The zero-order valence-corrected chi connectivity index (χ0v) is 25.0. The Balaban J connectivity index is 1.07. The van der Waals surface area contributed by atoms with Crippen LogP contribution >= 0.6 is 0 Å². The van der Waals surface area contributed by atoms with Crippen molar-refractivity contribution in [2.24, 2.45) is 0 Å². The lowest BCUT2D eigenvalue weighted by molar-refractivity contribution is 0.481. The summed E-state index contributed by atoms with van der Waals surface area (Å²) >= 11 is 0. The second kappa shape index (κ2) is 12.6. The van der Waals surface area contributed by atoms with Gasteiger partial charge in [-0.25, -0.2) is 0 Å². The van der Waals surface area contributed by atoms with Crippen molar-refractivity contribution in [2.45, 2.75) is 19.3 Å². The fourth-order valence-corrected chi connectivity index (χ4v) is 5.82. The summed E-state index contributed by atoms with van der Waals surface area (Å²) in [5.74, 6) is 3.23. The van der Waals surface area contributed by atoms with Crippen LogP contribution in [0.15, 0.2) is 128 Å². The molecular weight excluding hydrogens is 544 g/mol. The first-order valence-corrected chi connectivity index (χ1v) is 15.3. The van der Waals surface area contributed by atoms with Crippen molar-refractivity contribution < 1.29 is 9.47 Å². The van der Waals surface area contributed by atoms with E-state index in [0.717, 1.165) is 70.8 Å². The van der Waals surface area contributed by atoms with Gasteiger partial charge >= 0.3 is 0 Å². The average molecular weight is 581 g/mol. The molecule has 7 rings (SSSR count). The van der Waals surface area contributed by atoms with Crippen LogP contribution in [0.2, 0.25) is 0 Å². The zero-order valence-electron chi connectivity index (χ0n) is 25.0. The number of pyridine rings is 1. The fourth-order valence-electron chi connectivity index (χ4n) is 5.82. The van der Waals surface area contributed by atoms with Gasteiger partial charge in [0.05, 0.1) is 12.4 Å². The molecule has 0 amide bonds. The van der Waals surface area contributed by atoms with Crippen molar-refractivity contribution >= 4 is 11.4 Å². The molecule has 5 aromatic rings. The molecule has 1 fully saturated rings. The van der Waals surface area contributed by atoms with E-state index in [1.165, 1.54) is 24.9 Å². The van der Waals surface area contributed by atoms with E-state index in [4.69, 9.17) is 14.5 Å². The molecule has 1 aromatic heterocycles. The number of ether oxygens (including phenoxy) is 2. The van der Waals surface area contributed by atoms with Gasteiger partial charge in [-0.2, -0.15) is 0 Å². The summed E-state index contributed by atoms with van der Waals surface area (Å²) in [7, 11) is 2.06. The summed E-state index contributed by atoms with van der Waals surface area (Å²) in [4.78, 5) is 11.5. The monoisotopic (exact) mass is 580 g/mol. The van der Waals surface area contributed by atoms with Crippen LogP contribution in [0, 0.1) is 0 Å². The molecule has 0 radical (unpaired) electrons. The second-order valence-electron chi connectivity index (χ2n) is 11.4. The van der Waals surface area contributed by atoms with Gasteiger partial charge in [0.25, 0.3) is 0 Å². The summed E-state index contributed by atoms with van der Waals surface area (Å²) in [5, 5.41) is 0. The number of nitrogens with zero attached hydrogens (tertiary/aromatic N) is 4. The van der Waals surface area contributed by atoms with Crippen molar-refractivity contribution in [3.05, 3.63) is 128 Å². The third-order valence-corrected chi connectivity index (χ3v) is 8.09. The summed E-state index contributed by atoms with van der Waals surface area (Å²) in [6, 6.07) is 37.1. The third kappa shape index (κ3) is 6.40. The van der Waals surface area contributed by atoms with Crippen molar-refractivity contribution in [1.82, 2.24) is 9.88 Å². The molecule has 6 heteroatoms. The Kier molecular flexibility index (Phi) is 7.88. The van der Waals surface area contributed by atoms with Gasteiger partial charge in [-0.05, 0) is 91.1 Å². The minimum Gasteiger partial charge on any atom is -0.457 e. The molecular formula is C38H36N4O2. The Morgan fingerprint density at radius 2 is 1.16 bits per heavy atom. The van der Waals surface area contributed by atoms with Crippen molar-refractivity contribution in [3.8, 4) is 45.4 Å². The smallest absolute Gasteiger partial charge is 0.129 e. The Morgan fingerprint density at radius 1 is 0.568 bits per heavy atom. The van der Waals surface area contributed by atoms with Crippen molar-refractivity contribution in [1.29, 1.82) is 0 Å². The van der Waals surface area contributed by atoms with E-state index in [9.17, 15) is 0 Å². The molecule has 0 aliphatic carbocycles. The minimum atomic E-state index is 0.767. The Labute approximate surface area is 259 Å². The molecule has 3 heterocycles. The van der Waals surface area contributed by atoms with Crippen LogP contribution in [0.1, 0.15) is 19.3 Å². The molecule has 2 aliphatic rings. The largest absolute Gasteiger partial charge is 0.457 e. The van der Waals surface area contributed by atoms with E-state index < -0.39 is 0 Å². The number of piperidine rings is 1. The number of rotatable bonds is 8. The molecule has 44 heavy (non-hydrogen) atoms. The normalized spacial score (nSPS) is 14.6. The van der Waals surface area contributed by atoms with Gasteiger partial charge in [-0.1, -0.05) is 36.4 Å². The SMILES string of the molecule is CN1C=CN(c2cccc(Oc3cccc(-c4cc(-c5cccc(Oc6cccc(N7CCCCC7)c6)c5)ccn4)c3)c2)C1. The quantitative estimate of drug-likeness (QED) is 0.182. The molecule has 0 N–H and O–H groups in total. The molecule has 0 atom stereocenters. The van der Waals surface area contributed by atoms with E-state index >= 15 is 0 Å². The molecule has 6 nitrogen and oxygen atoms in total. The predicted octanol–water partition coefficient (Wildman–Crippen LogP) is 9.17. The maximum Gasteiger partial charge on any atom is 0.129 e. The average Bonchev–Trinajstić information content (AvgIpc) is 3.52. The topological polar surface area (TPSA) is 41.1 Å². The van der Waals surface area contributed by atoms with Gasteiger partial charge in [-0.3, -0.25) is 4.98 Å². The Hall–Kier alpha value is -5.23.